The van der Waals surface area contributed by atoms with E-state index < -0.39 is 0 Å². The van der Waals surface area contributed by atoms with Crippen LogP contribution in [-0.4, -0.2) is 51.2 Å². The highest BCUT2D eigenvalue weighted by atomic mass is 35.5. The molecule has 0 spiro atoms. The molecular formula is C22H21ClN6O2S. The summed E-state index contributed by atoms with van der Waals surface area (Å²) in [4.78, 5) is 6.71. The van der Waals surface area contributed by atoms with Crippen molar-refractivity contribution in [1.82, 2.24) is 24.9 Å². The molecule has 1 aliphatic rings. The van der Waals surface area contributed by atoms with Crippen molar-refractivity contribution in [2.75, 3.05) is 31.2 Å². The summed E-state index contributed by atoms with van der Waals surface area (Å²) in [6.45, 7) is 5.00. The van der Waals surface area contributed by atoms with Gasteiger partial charge in [0.05, 0.1) is 35.2 Å². The van der Waals surface area contributed by atoms with Crippen LogP contribution in [0.4, 0.5) is 5.95 Å². The minimum atomic E-state index is 0.403. The Labute approximate surface area is 194 Å². The minimum absolute atomic E-state index is 0.403. The standard InChI is InChI=1S/C22H21ClN6O2S/c1-15-6-2-5-9-18(15)29-21(28-10-12-30-13-11-28)25-26-22(29)32-14-19-24-20(31-27-19)16-7-3-4-8-17(16)23/h2-9H,10-14H2,1H3. The Balaban J connectivity index is 1.42. The molecule has 1 aliphatic heterocycles. The average molecular weight is 469 g/mol. The third-order valence-electron chi connectivity index (χ3n) is 5.17. The van der Waals surface area contributed by atoms with E-state index in [1.807, 2.05) is 30.3 Å². The Morgan fingerprint density at radius 2 is 1.81 bits per heavy atom. The lowest BCUT2D eigenvalue weighted by Gasteiger charge is -2.28. The molecule has 1 fully saturated rings. The summed E-state index contributed by atoms with van der Waals surface area (Å²) >= 11 is 7.77. The molecule has 8 nitrogen and oxygen atoms in total. The van der Waals surface area contributed by atoms with E-state index in [0.717, 1.165) is 41.0 Å². The molecule has 0 amide bonds. The maximum Gasteiger partial charge on any atom is 0.259 e. The van der Waals surface area contributed by atoms with Crippen LogP contribution in [0.15, 0.2) is 58.2 Å². The van der Waals surface area contributed by atoms with Crippen LogP contribution in [0.25, 0.3) is 17.1 Å². The van der Waals surface area contributed by atoms with Crippen molar-refractivity contribution in [2.45, 2.75) is 17.8 Å². The molecule has 0 aliphatic carbocycles. The van der Waals surface area contributed by atoms with Gasteiger partial charge in [-0.1, -0.05) is 58.9 Å². The number of morpholine rings is 1. The molecule has 2 aromatic carbocycles. The number of hydrogen-bond acceptors (Lipinski definition) is 8. The largest absolute Gasteiger partial charge is 0.378 e. The van der Waals surface area contributed by atoms with Gasteiger partial charge in [0.2, 0.25) is 5.95 Å². The topological polar surface area (TPSA) is 82.1 Å². The monoisotopic (exact) mass is 468 g/mol. The Hall–Kier alpha value is -2.88. The Morgan fingerprint density at radius 1 is 1.03 bits per heavy atom. The Kier molecular flexibility index (Phi) is 6.11. The zero-order valence-electron chi connectivity index (χ0n) is 17.4. The highest BCUT2D eigenvalue weighted by Gasteiger charge is 2.23. The van der Waals surface area contributed by atoms with Crippen LogP contribution in [0, 0.1) is 6.92 Å². The van der Waals surface area contributed by atoms with Crippen molar-refractivity contribution < 1.29 is 9.26 Å². The number of ether oxygens (including phenoxy) is 1. The summed E-state index contributed by atoms with van der Waals surface area (Å²) in [6.07, 6.45) is 0. The van der Waals surface area contributed by atoms with E-state index in [0.29, 0.717) is 35.7 Å². The molecular weight excluding hydrogens is 448 g/mol. The second-order valence-corrected chi connectivity index (χ2v) is 8.64. The second-order valence-electron chi connectivity index (χ2n) is 7.29. The molecule has 32 heavy (non-hydrogen) atoms. The van der Waals surface area contributed by atoms with Crippen molar-refractivity contribution in [2.24, 2.45) is 0 Å². The highest BCUT2D eigenvalue weighted by Crippen LogP contribution is 2.31. The fraction of sp³-hybridized carbons (Fsp3) is 0.273. The zero-order valence-corrected chi connectivity index (χ0v) is 19.0. The average Bonchev–Trinajstić information content (AvgIpc) is 3.46. The van der Waals surface area contributed by atoms with E-state index in [-0.39, 0.29) is 0 Å². The predicted molar refractivity (Wildman–Crippen MR) is 123 cm³/mol. The van der Waals surface area contributed by atoms with Crippen molar-refractivity contribution in [3.8, 4) is 17.1 Å². The zero-order chi connectivity index (χ0) is 21.9. The Bertz CT molecular complexity index is 1220. The molecule has 3 heterocycles. The lowest BCUT2D eigenvalue weighted by molar-refractivity contribution is 0.122. The first kappa shape index (κ1) is 21.0. The SMILES string of the molecule is Cc1ccccc1-n1c(SCc2noc(-c3ccccc3Cl)n2)nnc1N1CCOCC1. The number of benzene rings is 2. The van der Waals surface area contributed by atoms with E-state index in [2.05, 4.69) is 48.9 Å². The van der Waals surface area contributed by atoms with Gasteiger partial charge in [0.1, 0.15) is 0 Å². The number of halogens is 1. The van der Waals surface area contributed by atoms with E-state index in [4.69, 9.17) is 20.9 Å². The van der Waals surface area contributed by atoms with Gasteiger partial charge in [0.25, 0.3) is 5.89 Å². The van der Waals surface area contributed by atoms with Crippen molar-refractivity contribution in [3.05, 3.63) is 64.9 Å². The lowest BCUT2D eigenvalue weighted by atomic mass is 10.2. The maximum absolute atomic E-state index is 6.25. The smallest absolute Gasteiger partial charge is 0.259 e. The van der Waals surface area contributed by atoms with Gasteiger partial charge >= 0.3 is 0 Å². The molecule has 5 rings (SSSR count). The second kappa shape index (κ2) is 9.32. The van der Waals surface area contributed by atoms with Gasteiger partial charge in [-0.3, -0.25) is 4.57 Å². The molecule has 1 saturated heterocycles. The van der Waals surface area contributed by atoms with Crippen LogP contribution in [-0.2, 0) is 10.5 Å². The number of hydrogen-bond donors (Lipinski definition) is 0. The number of aryl methyl sites for hydroxylation is 1. The summed E-state index contributed by atoms with van der Waals surface area (Å²) < 4.78 is 13.0. The number of anilines is 1. The molecule has 0 radical (unpaired) electrons. The summed E-state index contributed by atoms with van der Waals surface area (Å²) in [5.41, 5.74) is 2.91. The molecule has 0 unspecified atom stereocenters. The van der Waals surface area contributed by atoms with Gasteiger partial charge in [-0.05, 0) is 30.7 Å². The first-order valence-electron chi connectivity index (χ1n) is 10.2. The van der Waals surface area contributed by atoms with Gasteiger partial charge in [0, 0.05) is 13.1 Å². The fourth-order valence-corrected chi connectivity index (χ4v) is 4.53. The third-order valence-corrected chi connectivity index (χ3v) is 6.42. The van der Waals surface area contributed by atoms with Crippen LogP contribution >= 0.6 is 23.4 Å². The predicted octanol–water partition coefficient (Wildman–Crippen LogP) is 4.41. The first-order valence-corrected chi connectivity index (χ1v) is 11.6. The number of thioether (sulfide) groups is 1. The van der Waals surface area contributed by atoms with Crippen LogP contribution in [0.2, 0.25) is 5.02 Å². The lowest BCUT2D eigenvalue weighted by Crippen LogP contribution is -2.38. The van der Waals surface area contributed by atoms with E-state index in [9.17, 15) is 0 Å². The molecule has 4 aromatic rings. The van der Waals surface area contributed by atoms with Crippen molar-refractivity contribution >= 4 is 29.3 Å². The van der Waals surface area contributed by atoms with Gasteiger partial charge in [-0.2, -0.15) is 4.98 Å². The quantitative estimate of drug-likeness (QED) is 0.385. The molecule has 0 bridgehead atoms. The van der Waals surface area contributed by atoms with Gasteiger partial charge in [-0.15, -0.1) is 10.2 Å². The fourth-order valence-electron chi connectivity index (χ4n) is 3.53. The molecule has 0 atom stereocenters. The van der Waals surface area contributed by atoms with Crippen LogP contribution in [0.5, 0.6) is 0 Å². The maximum atomic E-state index is 6.25. The normalized spacial score (nSPS) is 14.1. The number of nitrogens with zero attached hydrogens (tertiary/aromatic N) is 6. The summed E-state index contributed by atoms with van der Waals surface area (Å²) in [6, 6.07) is 15.6. The molecule has 0 N–H and O–H groups in total. The van der Waals surface area contributed by atoms with Crippen molar-refractivity contribution in [1.29, 1.82) is 0 Å². The molecule has 2 aromatic heterocycles. The van der Waals surface area contributed by atoms with Gasteiger partial charge in [-0.25, -0.2) is 0 Å². The van der Waals surface area contributed by atoms with Crippen LogP contribution < -0.4 is 4.90 Å². The molecule has 0 saturated carbocycles. The molecule has 10 heteroatoms. The van der Waals surface area contributed by atoms with E-state index in [1.165, 1.54) is 11.8 Å². The van der Waals surface area contributed by atoms with Crippen molar-refractivity contribution in [3.63, 3.8) is 0 Å². The van der Waals surface area contributed by atoms with Gasteiger partial charge in [0.15, 0.2) is 11.0 Å². The number of rotatable bonds is 6. The van der Waals surface area contributed by atoms with E-state index in [1.54, 1.807) is 6.07 Å². The summed E-state index contributed by atoms with van der Waals surface area (Å²) in [5, 5.41) is 14.5. The summed E-state index contributed by atoms with van der Waals surface area (Å²) in [7, 11) is 0. The van der Waals surface area contributed by atoms with Crippen LogP contribution in [0.1, 0.15) is 11.4 Å². The Morgan fingerprint density at radius 3 is 2.62 bits per heavy atom. The van der Waals surface area contributed by atoms with Gasteiger partial charge < -0.3 is 14.2 Å². The summed E-state index contributed by atoms with van der Waals surface area (Å²) in [5.74, 6) is 2.27. The third kappa shape index (κ3) is 4.23. The molecule has 164 valence electrons. The minimum Gasteiger partial charge on any atom is -0.378 e. The van der Waals surface area contributed by atoms with Crippen LogP contribution in [0.3, 0.4) is 0 Å². The first-order chi connectivity index (χ1) is 15.7. The number of aromatic nitrogens is 5. The highest BCUT2D eigenvalue weighted by molar-refractivity contribution is 7.98. The van der Waals surface area contributed by atoms with E-state index >= 15 is 0 Å². The number of para-hydroxylation sites is 1.